The van der Waals surface area contributed by atoms with Gasteiger partial charge >= 0.3 is 5.97 Å². The number of rotatable bonds is 16. The fraction of sp³-hybridized carbons (Fsp3) is 0.173. The molecule has 4 heterocycles. The summed E-state index contributed by atoms with van der Waals surface area (Å²) in [5, 5.41) is 11.6. The van der Waals surface area contributed by atoms with Crippen LogP contribution in [-0.2, 0) is 35.2 Å². The summed E-state index contributed by atoms with van der Waals surface area (Å²) in [6.45, 7) is 0. The Bertz CT molecular complexity index is 2870. The van der Waals surface area contributed by atoms with Gasteiger partial charge in [0.15, 0.2) is 11.2 Å². The Morgan fingerprint density at radius 2 is 1.44 bits per heavy atom. The van der Waals surface area contributed by atoms with Gasteiger partial charge in [0.25, 0.3) is 11.8 Å². The van der Waals surface area contributed by atoms with Crippen LogP contribution in [0, 0.1) is 0 Å². The van der Waals surface area contributed by atoms with Crippen molar-refractivity contribution in [2.24, 2.45) is 5.16 Å². The molecule has 1 unspecified atom stereocenters. The lowest BCUT2D eigenvalue weighted by molar-refractivity contribution is -0.154. The molecule has 13 nitrogen and oxygen atoms in total. The number of amides is 2. The van der Waals surface area contributed by atoms with Gasteiger partial charge in [0.05, 0.1) is 6.20 Å². The number of nitrogen functional groups attached to an aromatic ring is 1. The van der Waals surface area contributed by atoms with E-state index in [2.05, 4.69) is 62.4 Å². The number of allylic oxidation sites excluding steroid dienone is 1. The summed E-state index contributed by atoms with van der Waals surface area (Å²) < 4.78 is 12.7. The van der Waals surface area contributed by atoms with E-state index < -0.39 is 40.8 Å². The van der Waals surface area contributed by atoms with Gasteiger partial charge in [0, 0.05) is 39.7 Å². The molecule has 2 aliphatic heterocycles. The number of hydrogen-bond acceptors (Lipinski definition) is 13. The third-order valence-electron chi connectivity index (χ3n) is 11.9. The fourth-order valence-electron chi connectivity index (χ4n) is 8.70. The van der Waals surface area contributed by atoms with Crippen LogP contribution in [0.1, 0.15) is 58.2 Å². The van der Waals surface area contributed by atoms with E-state index in [1.165, 1.54) is 28.4 Å². The first-order chi connectivity index (χ1) is 33.4. The van der Waals surface area contributed by atoms with Crippen LogP contribution in [0.25, 0.3) is 0 Å². The molecule has 10 rings (SSSR count). The molecule has 1 saturated heterocycles. The minimum Gasteiger partial charge on any atom is -0.448 e. The van der Waals surface area contributed by atoms with E-state index in [4.69, 9.17) is 20.4 Å². The Balaban J connectivity index is 0.975. The monoisotopic (exact) mass is 956 g/mol. The maximum Gasteiger partial charge on any atom is 0.356 e. The second-order valence-electron chi connectivity index (χ2n) is 16.2. The highest BCUT2D eigenvalue weighted by Crippen LogP contribution is 2.46. The van der Waals surface area contributed by atoms with Gasteiger partial charge in [-0.3, -0.25) is 19.2 Å². The van der Waals surface area contributed by atoms with Crippen molar-refractivity contribution in [3.8, 4) is 0 Å². The minimum absolute atomic E-state index is 0.0144. The van der Waals surface area contributed by atoms with Crippen molar-refractivity contribution in [1.29, 1.82) is 0 Å². The van der Waals surface area contributed by atoms with E-state index in [9.17, 15) is 14.4 Å². The summed E-state index contributed by atoms with van der Waals surface area (Å²) in [5.41, 5.74) is 10.6. The molecule has 3 aliphatic rings. The third kappa shape index (κ3) is 8.85. The normalized spacial score (nSPS) is 18.0. The van der Waals surface area contributed by atoms with E-state index in [1.54, 1.807) is 0 Å². The van der Waals surface area contributed by atoms with E-state index in [1.807, 2.05) is 138 Å². The highest BCUT2D eigenvalue weighted by Gasteiger charge is 2.55. The molecule has 3 atom stereocenters. The van der Waals surface area contributed by atoms with Crippen LogP contribution in [0.5, 0.6) is 0 Å². The van der Waals surface area contributed by atoms with Crippen LogP contribution in [0.3, 0.4) is 0 Å². The first kappa shape index (κ1) is 44.6. The number of hydrogen-bond donors (Lipinski definition) is 2. The van der Waals surface area contributed by atoms with E-state index in [0.29, 0.717) is 22.8 Å². The summed E-state index contributed by atoms with van der Waals surface area (Å²) in [6.07, 6.45) is 8.20. The number of benzene rings is 5. The molecule has 0 saturated carbocycles. The van der Waals surface area contributed by atoms with Crippen LogP contribution in [-0.4, -0.2) is 70.8 Å². The first-order valence-corrected chi connectivity index (χ1v) is 24.8. The SMILES string of the molecule is Nc1nc(/C(=N/OC2C=CCC2)C(=O)N[C@@H]2C(=O)N3C(C(=O)OC(c4ccccc4)c4ccccc4)=C(SCc4cnn(C(c5ccccc5)(c5ccccc5)c5ccccc5)c4)CS[C@H]23)ns1. The maximum absolute atomic E-state index is 14.9. The Kier molecular flexibility index (Phi) is 13.0. The number of nitrogens with one attached hydrogen (secondary N) is 1. The standard InChI is InChI=1S/C52H44N8O5S3/c53-51-56-46(58-68-51)42(57-65-40-28-16-17-29-40)47(61)55-43-48(62)60-44(50(63)64-45(35-18-6-1-7-19-35)36-20-8-2-9-21-36)41(33-67-49(43)60)66-32-34-30-54-59(31-34)52(37-22-10-3-11-23-37,38-24-12-4-13-25-38)39-26-14-5-15-27-39/h1-16,18-28,30-31,40,43,45,49H,17,29,32-33H2,(H,55,61)(H2,53,56,58)/b57-42-/t40?,43-,49-/m1/s1. The van der Waals surface area contributed by atoms with Crippen molar-refractivity contribution in [3.05, 3.63) is 226 Å². The van der Waals surface area contributed by atoms with Gasteiger partial charge in [-0.2, -0.15) is 14.5 Å². The lowest BCUT2D eigenvalue weighted by atomic mass is 9.77. The number of thioether (sulfide) groups is 2. The Labute approximate surface area is 405 Å². The van der Waals surface area contributed by atoms with Crippen molar-refractivity contribution in [3.63, 3.8) is 0 Å². The van der Waals surface area contributed by atoms with Crippen molar-refractivity contribution in [2.45, 2.75) is 47.8 Å². The average molecular weight is 957 g/mol. The molecular weight excluding hydrogens is 913 g/mol. The predicted octanol–water partition coefficient (Wildman–Crippen LogP) is 8.47. The first-order valence-electron chi connectivity index (χ1n) is 22.0. The third-order valence-corrected chi connectivity index (χ3v) is 15.1. The number of aromatic nitrogens is 4. The Hall–Kier alpha value is -7.27. The molecule has 0 spiro atoms. The van der Waals surface area contributed by atoms with Crippen LogP contribution in [0.15, 0.2) is 192 Å². The second kappa shape index (κ2) is 19.9. The Morgan fingerprint density at radius 3 is 1.99 bits per heavy atom. The maximum atomic E-state index is 14.9. The average Bonchev–Trinajstić information content (AvgIpc) is 4.20. The molecule has 5 aromatic carbocycles. The van der Waals surface area contributed by atoms with Gasteiger partial charge in [0.1, 0.15) is 28.8 Å². The largest absolute Gasteiger partial charge is 0.448 e. The second-order valence-corrected chi connectivity index (χ2v) is 19.1. The lowest BCUT2D eigenvalue weighted by Gasteiger charge is -2.49. The molecule has 1 aliphatic carbocycles. The molecule has 1 fully saturated rings. The molecule has 2 amide bonds. The van der Waals surface area contributed by atoms with Crippen LogP contribution in [0.2, 0.25) is 0 Å². The number of β-lactam (4-membered cyclic amide) rings is 1. The van der Waals surface area contributed by atoms with Gasteiger partial charge in [-0.25, -0.2) is 4.79 Å². The number of esters is 1. The number of fused-ring (bicyclic) bond motifs is 1. The molecule has 16 heteroatoms. The van der Waals surface area contributed by atoms with Gasteiger partial charge in [-0.15, -0.1) is 23.5 Å². The summed E-state index contributed by atoms with van der Waals surface area (Å²) >= 11 is 3.81. The van der Waals surface area contributed by atoms with Crippen molar-refractivity contribution < 1.29 is 24.0 Å². The summed E-state index contributed by atoms with van der Waals surface area (Å²) in [5.74, 6) is -1.08. The zero-order chi connectivity index (χ0) is 46.5. The molecule has 7 aromatic rings. The quantitative estimate of drug-likeness (QED) is 0.0238. The Morgan fingerprint density at radius 1 is 0.853 bits per heavy atom. The van der Waals surface area contributed by atoms with Gasteiger partial charge in [-0.1, -0.05) is 163 Å². The number of nitrogens with zero attached hydrogens (tertiary/aromatic N) is 6. The van der Waals surface area contributed by atoms with Crippen LogP contribution in [0.4, 0.5) is 5.13 Å². The number of carbonyl (C=O) groups is 3. The molecule has 68 heavy (non-hydrogen) atoms. The zero-order valence-electron chi connectivity index (χ0n) is 36.4. The molecule has 340 valence electrons. The van der Waals surface area contributed by atoms with Gasteiger partial charge < -0.3 is 20.6 Å². The number of ether oxygens (including phenoxy) is 1. The molecule has 0 radical (unpaired) electrons. The van der Waals surface area contributed by atoms with Crippen LogP contribution >= 0.6 is 35.1 Å². The molecule has 2 aromatic heterocycles. The zero-order valence-corrected chi connectivity index (χ0v) is 38.9. The number of oxime groups is 1. The van der Waals surface area contributed by atoms with Gasteiger partial charge in [-0.05, 0) is 46.7 Å². The summed E-state index contributed by atoms with van der Waals surface area (Å²) in [7, 11) is 0. The smallest absolute Gasteiger partial charge is 0.356 e. The molecule has 3 N–H and O–H groups in total. The van der Waals surface area contributed by atoms with Gasteiger partial charge in [0.2, 0.25) is 11.5 Å². The number of anilines is 1. The number of carbonyl (C=O) groups excluding carboxylic acids is 3. The predicted molar refractivity (Wildman–Crippen MR) is 265 cm³/mol. The van der Waals surface area contributed by atoms with Crippen molar-refractivity contribution >= 4 is 63.7 Å². The lowest BCUT2D eigenvalue weighted by Crippen LogP contribution is -2.71. The van der Waals surface area contributed by atoms with Crippen molar-refractivity contribution in [2.75, 3.05) is 11.5 Å². The molecule has 0 bridgehead atoms. The fourth-order valence-corrected chi connectivity index (χ4v) is 11.7. The molecular formula is C52H44N8O5S3. The summed E-state index contributed by atoms with van der Waals surface area (Å²) in [4.78, 5) is 55.3. The van der Waals surface area contributed by atoms with Crippen molar-refractivity contribution in [1.82, 2.24) is 29.4 Å². The van der Waals surface area contributed by atoms with E-state index in [0.717, 1.165) is 51.3 Å². The number of nitrogens with two attached hydrogens (primary N) is 1. The minimum atomic E-state index is -1.01. The topological polar surface area (TPSA) is 167 Å². The van der Waals surface area contributed by atoms with E-state index in [-0.39, 0.29) is 28.5 Å². The van der Waals surface area contributed by atoms with E-state index >= 15 is 0 Å². The summed E-state index contributed by atoms with van der Waals surface area (Å²) in [6, 6.07) is 48.9. The van der Waals surface area contributed by atoms with Crippen LogP contribution < -0.4 is 11.1 Å². The highest BCUT2D eigenvalue weighted by molar-refractivity contribution is 8.05. The highest BCUT2D eigenvalue weighted by atomic mass is 32.2.